The van der Waals surface area contributed by atoms with Crippen LogP contribution in [0.4, 0.5) is 0 Å². The largest absolute Gasteiger partial charge is 0.381 e. The molecule has 1 atom stereocenters. The van der Waals surface area contributed by atoms with Gasteiger partial charge in [-0.05, 0) is 30.6 Å². The van der Waals surface area contributed by atoms with E-state index in [1.54, 1.807) is 0 Å². The van der Waals surface area contributed by atoms with Crippen LogP contribution in [0.1, 0.15) is 32.6 Å². The molecule has 0 aromatic heterocycles. The van der Waals surface area contributed by atoms with E-state index in [0.717, 1.165) is 19.1 Å². The summed E-state index contributed by atoms with van der Waals surface area (Å²) in [7, 11) is 0. The zero-order chi connectivity index (χ0) is 7.03. The normalized spacial score (nSPS) is 37.5. The third-order valence-corrected chi connectivity index (χ3v) is 3.48. The first kappa shape index (κ1) is 6.66. The van der Waals surface area contributed by atoms with Crippen molar-refractivity contribution < 1.29 is 4.74 Å². The summed E-state index contributed by atoms with van der Waals surface area (Å²) in [6.45, 7) is 4.44. The SMILES string of the molecule is CC1CCOCC12CCC2. The van der Waals surface area contributed by atoms with Crippen molar-refractivity contribution in [2.75, 3.05) is 13.2 Å². The van der Waals surface area contributed by atoms with Crippen molar-refractivity contribution in [3.63, 3.8) is 0 Å². The molecular formula is C9H16O. The molecule has 0 aromatic rings. The third-order valence-electron chi connectivity index (χ3n) is 3.48. The summed E-state index contributed by atoms with van der Waals surface area (Å²) in [5.41, 5.74) is 0.637. The smallest absolute Gasteiger partial charge is 0.0524 e. The lowest BCUT2D eigenvalue weighted by atomic mass is 9.60. The summed E-state index contributed by atoms with van der Waals surface area (Å²) in [5, 5.41) is 0. The van der Waals surface area contributed by atoms with Gasteiger partial charge in [0.2, 0.25) is 0 Å². The monoisotopic (exact) mass is 140 g/mol. The molecule has 58 valence electrons. The lowest BCUT2D eigenvalue weighted by Gasteiger charge is -2.49. The van der Waals surface area contributed by atoms with Gasteiger partial charge in [-0.3, -0.25) is 0 Å². The molecule has 0 amide bonds. The summed E-state index contributed by atoms with van der Waals surface area (Å²) in [5.74, 6) is 0.926. The number of hydrogen-bond acceptors (Lipinski definition) is 1. The highest BCUT2D eigenvalue weighted by Gasteiger charge is 2.43. The van der Waals surface area contributed by atoms with Gasteiger partial charge in [-0.15, -0.1) is 0 Å². The molecule has 0 bridgehead atoms. The van der Waals surface area contributed by atoms with Gasteiger partial charge in [-0.2, -0.15) is 0 Å². The lowest BCUT2D eigenvalue weighted by Crippen LogP contribution is -2.44. The highest BCUT2D eigenvalue weighted by Crippen LogP contribution is 2.50. The van der Waals surface area contributed by atoms with Gasteiger partial charge >= 0.3 is 0 Å². The average Bonchev–Trinajstić information content (AvgIpc) is 1.85. The van der Waals surface area contributed by atoms with Gasteiger partial charge in [0, 0.05) is 6.61 Å². The molecule has 1 saturated heterocycles. The first-order valence-electron chi connectivity index (χ1n) is 4.41. The molecule has 1 heterocycles. The predicted octanol–water partition coefficient (Wildman–Crippen LogP) is 2.21. The van der Waals surface area contributed by atoms with Gasteiger partial charge in [0.25, 0.3) is 0 Å². The number of hydrogen-bond donors (Lipinski definition) is 0. The van der Waals surface area contributed by atoms with Crippen molar-refractivity contribution in [1.82, 2.24) is 0 Å². The van der Waals surface area contributed by atoms with Crippen molar-refractivity contribution >= 4 is 0 Å². The Hall–Kier alpha value is -0.0400. The first-order valence-corrected chi connectivity index (χ1v) is 4.41. The molecule has 2 fully saturated rings. The minimum Gasteiger partial charge on any atom is -0.381 e. The van der Waals surface area contributed by atoms with Crippen LogP contribution in [0, 0.1) is 11.3 Å². The van der Waals surface area contributed by atoms with E-state index in [0.29, 0.717) is 5.41 Å². The second-order valence-corrected chi connectivity index (χ2v) is 3.96. The van der Waals surface area contributed by atoms with E-state index in [2.05, 4.69) is 6.92 Å². The molecule has 0 radical (unpaired) electrons. The summed E-state index contributed by atoms with van der Waals surface area (Å²) in [6.07, 6.45) is 5.58. The Kier molecular flexibility index (Phi) is 1.48. The Morgan fingerprint density at radius 2 is 2.20 bits per heavy atom. The summed E-state index contributed by atoms with van der Waals surface area (Å²) < 4.78 is 5.50. The third kappa shape index (κ3) is 0.800. The maximum atomic E-state index is 5.50. The second kappa shape index (κ2) is 2.23. The van der Waals surface area contributed by atoms with Crippen LogP contribution >= 0.6 is 0 Å². The van der Waals surface area contributed by atoms with Crippen molar-refractivity contribution in [3.8, 4) is 0 Å². The topological polar surface area (TPSA) is 9.23 Å². The molecule has 0 aromatic carbocycles. The lowest BCUT2D eigenvalue weighted by molar-refractivity contribution is -0.0909. The molecule has 1 spiro atoms. The zero-order valence-corrected chi connectivity index (χ0v) is 6.73. The number of ether oxygens (including phenoxy) is 1. The number of rotatable bonds is 0. The van der Waals surface area contributed by atoms with Gasteiger partial charge in [0.15, 0.2) is 0 Å². The molecule has 1 saturated carbocycles. The zero-order valence-electron chi connectivity index (χ0n) is 6.73. The van der Waals surface area contributed by atoms with Gasteiger partial charge in [-0.25, -0.2) is 0 Å². The molecular weight excluding hydrogens is 124 g/mol. The molecule has 1 heteroatoms. The van der Waals surface area contributed by atoms with Crippen LogP contribution in [-0.2, 0) is 4.74 Å². The van der Waals surface area contributed by atoms with Crippen LogP contribution in [0.3, 0.4) is 0 Å². The maximum absolute atomic E-state index is 5.50. The van der Waals surface area contributed by atoms with E-state index in [4.69, 9.17) is 4.74 Å². The van der Waals surface area contributed by atoms with Gasteiger partial charge in [0.05, 0.1) is 6.61 Å². The summed E-state index contributed by atoms with van der Waals surface area (Å²) >= 11 is 0. The Morgan fingerprint density at radius 3 is 2.60 bits per heavy atom. The quantitative estimate of drug-likeness (QED) is 0.501. The fourth-order valence-electron chi connectivity index (χ4n) is 2.25. The van der Waals surface area contributed by atoms with Crippen LogP contribution in [-0.4, -0.2) is 13.2 Å². The van der Waals surface area contributed by atoms with Crippen LogP contribution in [0.5, 0.6) is 0 Å². The average molecular weight is 140 g/mol. The van der Waals surface area contributed by atoms with Crippen molar-refractivity contribution in [2.45, 2.75) is 32.6 Å². The fraction of sp³-hybridized carbons (Fsp3) is 1.00. The second-order valence-electron chi connectivity index (χ2n) is 3.96. The first-order chi connectivity index (χ1) is 4.83. The Morgan fingerprint density at radius 1 is 1.40 bits per heavy atom. The predicted molar refractivity (Wildman–Crippen MR) is 40.9 cm³/mol. The Bertz CT molecular complexity index is 127. The van der Waals surface area contributed by atoms with Crippen molar-refractivity contribution in [1.29, 1.82) is 0 Å². The summed E-state index contributed by atoms with van der Waals surface area (Å²) in [4.78, 5) is 0. The van der Waals surface area contributed by atoms with E-state index < -0.39 is 0 Å². The van der Waals surface area contributed by atoms with E-state index in [1.165, 1.54) is 25.7 Å². The van der Waals surface area contributed by atoms with Crippen molar-refractivity contribution in [2.24, 2.45) is 11.3 Å². The van der Waals surface area contributed by atoms with Crippen LogP contribution in [0.25, 0.3) is 0 Å². The molecule has 1 unspecified atom stereocenters. The van der Waals surface area contributed by atoms with E-state index in [1.807, 2.05) is 0 Å². The Balaban J connectivity index is 2.03. The summed E-state index contributed by atoms with van der Waals surface area (Å²) in [6, 6.07) is 0. The molecule has 1 aliphatic heterocycles. The molecule has 0 N–H and O–H groups in total. The standard InChI is InChI=1S/C9H16O/c1-8-3-6-10-7-9(8)4-2-5-9/h8H,2-7H2,1H3. The minimum absolute atomic E-state index is 0.637. The van der Waals surface area contributed by atoms with Gasteiger partial charge in [0.1, 0.15) is 0 Å². The van der Waals surface area contributed by atoms with E-state index in [9.17, 15) is 0 Å². The Labute approximate surface area is 62.8 Å². The highest BCUT2D eigenvalue weighted by molar-refractivity contribution is 4.93. The van der Waals surface area contributed by atoms with Crippen LogP contribution < -0.4 is 0 Å². The molecule has 2 aliphatic rings. The van der Waals surface area contributed by atoms with Gasteiger partial charge in [-0.1, -0.05) is 13.3 Å². The maximum Gasteiger partial charge on any atom is 0.0524 e. The molecule has 1 aliphatic carbocycles. The van der Waals surface area contributed by atoms with Gasteiger partial charge < -0.3 is 4.74 Å². The highest BCUT2D eigenvalue weighted by atomic mass is 16.5. The van der Waals surface area contributed by atoms with Crippen LogP contribution in [0.15, 0.2) is 0 Å². The molecule has 1 nitrogen and oxygen atoms in total. The van der Waals surface area contributed by atoms with Crippen LogP contribution in [0.2, 0.25) is 0 Å². The molecule has 2 rings (SSSR count). The van der Waals surface area contributed by atoms with Crippen molar-refractivity contribution in [3.05, 3.63) is 0 Å². The fourth-order valence-corrected chi connectivity index (χ4v) is 2.25. The minimum atomic E-state index is 0.637. The van der Waals surface area contributed by atoms with E-state index >= 15 is 0 Å². The molecule has 10 heavy (non-hydrogen) atoms. The van der Waals surface area contributed by atoms with E-state index in [-0.39, 0.29) is 0 Å².